The van der Waals surface area contributed by atoms with Gasteiger partial charge >= 0.3 is 0 Å². The minimum atomic E-state index is -0.695. The second kappa shape index (κ2) is 7.64. The lowest BCUT2D eigenvalue weighted by Crippen LogP contribution is -2.36. The highest BCUT2D eigenvalue weighted by Gasteiger charge is 2.20. The van der Waals surface area contributed by atoms with Gasteiger partial charge in [0.1, 0.15) is 11.6 Å². The fraction of sp³-hybridized carbons (Fsp3) is 0.588. The lowest BCUT2D eigenvalue weighted by Gasteiger charge is -2.28. The number of likely N-dealkylation sites (tertiary alicyclic amines) is 1. The van der Waals surface area contributed by atoms with Crippen LogP contribution in [-0.2, 0) is 0 Å². The Morgan fingerprint density at radius 2 is 1.90 bits per heavy atom. The molecule has 1 atom stereocenters. The van der Waals surface area contributed by atoms with E-state index in [1.807, 2.05) is 0 Å². The number of benzene rings is 1. The molecule has 1 aromatic rings. The highest BCUT2D eigenvalue weighted by Crippen LogP contribution is 2.20. The van der Waals surface area contributed by atoms with Gasteiger partial charge in [-0.05, 0) is 37.9 Å². The van der Waals surface area contributed by atoms with Crippen molar-refractivity contribution in [2.45, 2.75) is 51.5 Å². The molecule has 0 radical (unpaired) electrons. The molecule has 0 saturated carbocycles. The van der Waals surface area contributed by atoms with Crippen LogP contribution in [-0.4, -0.2) is 29.8 Å². The van der Waals surface area contributed by atoms with Gasteiger partial charge in [0.2, 0.25) is 0 Å². The maximum atomic E-state index is 13.2. The standard InChI is InChI=1S/C17H23F2NO/c1-2-16-6-4-3-5-8-20(16)9-7-17(21)13-10-14(18)12-15(19)11-13/h10-12,16H,2-9H2,1H3. The number of halogens is 2. The van der Waals surface area contributed by atoms with E-state index in [4.69, 9.17) is 0 Å². The summed E-state index contributed by atoms with van der Waals surface area (Å²) >= 11 is 0. The lowest BCUT2D eigenvalue weighted by molar-refractivity contribution is 0.0948. The molecule has 2 rings (SSSR count). The maximum absolute atomic E-state index is 13.2. The summed E-state index contributed by atoms with van der Waals surface area (Å²) in [5.41, 5.74) is 0.135. The van der Waals surface area contributed by atoms with Crippen LogP contribution in [0.15, 0.2) is 18.2 Å². The average Bonchev–Trinajstić information content (AvgIpc) is 2.68. The predicted octanol–water partition coefficient (Wildman–Crippen LogP) is 4.19. The van der Waals surface area contributed by atoms with Gasteiger partial charge in [-0.15, -0.1) is 0 Å². The van der Waals surface area contributed by atoms with Crippen LogP contribution in [0.3, 0.4) is 0 Å². The first-order valence-electron chi connectivity index (χ1n) is 7.83. The van der Waals surface area contributed by atoms with Crippen molar-refractivity contribution >= 4 is 5.78 Å². The highest BCUT2D eigenvalue weighted by atomic mass is 19.1. The minimum absolute atomic E-state index is 0.135. The van der Waals surface area contributed by atoms with Crippen molar-refractivity contribution in [1.82, 2.24) is 4.90 Å². The van der Waals surface area contributed by atoms with Gasteiger partial charge in [0, 0.05) is 30.6 Å². The fourth-order valence-corrected chi connectivity index (χ4v) is 3.10. The normalized spacial score (nSPS) is 20.2. The van der Waals surface area contributed by atoms with E-state index in [0.717, 1.165) is 31.2 Å². The number of carbonyl (C=O) groups is 1. The Hall–Kier alpha value is -1.29. The van der Waals surface area contributed by atoms with E-state index in [9.17, 15) is 13.6 Å². The van der Waals surface area contributed by atoms with Crippen molar-refractivity contribution in [3.63, 3.8) is 0 Å². The molecule has 0 aliphatic carbocycles. The third-order valence-electron chi connectivity index (χ3n) is 4.28. The van der Waals surface area contributed by atoms with Crippen LogP contribution in [0.4, 0.5) is 8.78 Å². The van der Waals surface area contributed by atoms with Crippen molar-refractivity contribution in [3.05, 3.63) is 35.4 Å². The van der Waals surface area contributed by atoms with Gasteiger partial charge in [-0.3, -0.25) is 9.69 Å². The molecule has 1 saturated heterocycles. The Kier molecular flexibility index (Phi) is 5.85. The van der Waals surface area contributed by atoms with Crippen LogP contribution < -0.4 is 0 Å². The molecular weight excluding hydrogens is 272 g/mol. The SMILES string of the molecule is CCC1CCCCCN1CCC(=O)c1cc(F)cc(F)c1. The zero-order valence-electron chi connectivity index (χ0n) is 12.6. The van der Waals surface area contributed by atoms with Gasteiger partial charge in [-0.2, -0.15) is 0 Å². The smallest absolute Gasteiger partial charge is 0.164 e. The molecule has 1 unspecified atom stereocenters. The van der Waals surface area contributed by atoms with Gasteiger partial charge < -0.3 is 0 Å². The van der Waals surface area contributed by atoms with E-state index in [-0.39, 0.29) is 11.3 Å². The average molecular weight is 295 g/mol. The van der Waals surface area contributed by atoms with Crippen LogP contribution in [0.25, 0.3) is 0 Å². The number of carbonyl (C=O) groups excluding carboxylic acids is 1. The largest absolute Gasteiger partial charge is 0.300 e. The maximum Gasteiger partial charge on any atom is 0.164 e. The molecule has 1 aliphatic heterocycles. The molecule has 0 spiro atoms. The van der Waals surface area contributed by atoms with Crippen LogP contribution in [0, 0.1) is 11.6 Å². The third-order valence-corrected chi connectivity index (χ3v) is 4.28. The molecule has 1 aliphatic rings. The highest BCUT2D eigenvalue weighted by molar-refractivity contribution is 5.96. The molecule has 1 aromatic carbocycles. The van der Waals surface area contributed by atoms with Crippen LogP contribution in [0.2, 0.25) is 0 Å². The molecule has 0 N–H and O–H groups in total. The number of hydrogen-bond donors (Lipinski definition) is 0. The van der Waals surface area contributed by atoms with E-state index < -0.39 is 11.6 Å². The summed E-state index contributed by atoms with van der Waals surface area (Å²) < 4.78 is 26.3. The Labute approximate surface area is 125 Å². The molecule has 0 aromatic heterocycles. The van der Waals surface area contributed by atoms with Crippen molar-refractivity contribution < 1.29 is 13.6 Å². The fourth-order valence-electron chi connectivity index (χ4n) is 3.10. The topological polar surface area (TPSA) is 20.3 Å². The van der Waals surface area contributed by atoms with Gasteiger partial charge in [0.25, 0.3) is 0 Å². The van der Waals surface area contributed by atoms with E-state index >= 15 is 0 Å². The van der Waals surface area contributed by atoms with Gasteiger partial charge in [-0.25, -0.2) is 8.78 Å². The monoisotopic (exact) mass is 295 g/mol. The third kappa shape index (κ3) is 4.60. The van der Waals surface area contributed by atoms with Gasteiger partial charge in [-0.1, -0.05) is 19.8 Å². The summed E-state index contributed by atoms with van der Waals surface area (Å²) in [5, 5.41) is 0. The molecule has 1 heterocycles. The van der Waals surface area contributed by atoms with E-state index in [1.165, 1.54) is 25.7 Å². The van der Waals surface area contributed by atoms with Gasteiger partial charge in [0.15, 0.2) is 5.78 Å². The number of nitrogens with zero attached hydrogens (tertiary/aromatic N) is 1. The van der Waals surface area contributed by atoms with Crippen LogP contribution in [0.5, 0.6) is 0 Å². The number of hydrogen-bond acceptors (Lipinski definition) is 2. The van der Waals surface area contributed by atoms with Crippen molar-refractivity contribution in [2.24, 2.45) is 0 Å². The molecule has 4 heteroatoms. The summed E-state index contributed by atoms with van der Waals surface area (Å²) in [4.78, 5) is 14.5. The van der Waals surface area contributed by atoms with Crippen molar-refractivity contribution in [2.75, 3.05) is 13.1 Å². The zero-order valence-corrected chi connectivity index (χ0v) is 12.6. The minimum Gasteiger partial charge on any atom is -0.300 e. The molecular formula is C17H23F2NO. The number of Topliss-reactive ketones (excluding diaryl/α,β-unsaturated/α-hetero) is 1. The molecule has 116 valence electrons. The Morgan fingerprint density at radius 3 is 2.57 bits per heavy atom. The summed E-state index contributed by atoms with van der Waals surface area (Å²) in [7, 11) is 0. The Bertz CT molecular complexity index is 469. The second-order valence-corrected chi connectivity index (χ2v) is 5.78. The zero-order chi connectivity index (χ0) is 15.2. The van der Waals surface area contributed by atoms with Gasteiger partial charge in [0.05, 0.1) is 0 Å². The predicted molar refractivity (Wildman–Crippen MR) is 79.4 cm³/mol. The Morgan fingerprint density at radius 1 is 1.19 bits per heavy atom. The van der Waals surface area contributed by atoms with Crippen LogP contribution in [0.1, 0.15) is 55.8 Å². The quantitative estimate of drug-likeness (QED) is 0.759. The first-order chi connectivity index (χ1) is 10.1. The first kappa shape index (κ1) is 16.1. The number of ketones is 1. The van der Waals surface area contributed by atoms with Crippen molar-refractivity contribution in [3.8, 4) is 0 Å². The summed E-state index contributed by atoms with van der Waals surface area (Å²) in [6.07, 6.45) is 6.24. The first-order valence-corrected chi connectivity index (χ1v) is 7.83. The molecule has 1 fully saturated rings. The summed E-state index contributed by atoms with van der Waals surface area (Å²) in [5.74, 6) is -1.58. The number of rotatable bonds is 5. The van der Waals surface area contributed by atoms with Crippen molar-refractivity contribution in [1.29, 1.82) is 0 Å². The second-order valence-electron chi connectivity index (χ2n) is 5.78. The molecule has 21 heavy (non-hydrogen) atoms. The van der Waals surface area contributed by atoms with E-state index in [2.05, 4.69) is 11.8 Å². The Balaban J connectivity index is 1.95. The summed E-state index contributed by atoms with van der Waals surface area (Å²) in [6.45, 7) is 3.87. The lowest BCUT2D eigenvalue weighted by atomic mass is 10.1. The molecule has 0 bridgehead atoms. The molecule has 2 nitrogen and oxygen atoms in total. The van der Waals surface area contributed by atoms with Crippen LogP contribution >= 0.6 is 0 Å². The summed E-state index contributed by atoms with van der Waals surface area (Å²) in [6, 6.07) is 3.55. The van der Waals surface area contributed by atoms with E-state index in [1.54, 1.807) is 0 Å². The molecule has 0 amide bonds. The van der Waals surface area contributed by atoms with E-state index in [0.29, 0.717) is 19.0 Å².